The SMILES string of the molecule is CC(C)Cc1c(OCC2=NCCN2)cccc1C(C)S(C)(=O)=O. The molecule has 23 heavy (non-hydrogen) atoms. The molecule has 1 aromatic carbocycles. The topological polar surface area (TPSA) is 67.8 Å². The third-order valence-corrected chi connectivity index (χ3v) is 5.51. The van der Waals surface area contributed by atoms with Gasteiger partial charge in [0, 0.05) is 12.8 Å². The summed E-state index contributed by atoms with van der Waals surface area (Å²) in [5.74, 6) is 2.01. The van der Waals surface area contributed by atoms with Crippen molar-refractivity contribution in [2.24, 2.45) is 10.9 Å². The van der Waals surface area contributed by atoms with Gasteiger partial charge in [0.25, 0.3) is 0 Å². The van der Waals surface area contributed by atoms with Gasteiger partial charge < -0.3 is 10.1 Å². The first-order chi connectivity index (χ1) is 10.8. The monoisotopic (exact) mass is 338 g/mol. The molecule has 1 aliphatic heterocycles. The van der Waals surface area contributed by atoms with E-state index in [0.29, 0.717) is 12.5 Å². The Bertz CT molecular complexity index is 681. The van der Waals surface area contributed by atoms with Gasteiger partial charge in [-0.3, -0.25) is 4.99 Å². The molecule has 1 unspecified atom stereocenters. The number of hydrogen-bond acceptors (Lipinski definition) is 5. The average Bonchev–Trinajstić information content (AvgIpc) is 2.97. The van der Waals surface area contributed by atoms with Crippen molar-refractivity contribution in [2.75, 3.05) is 26.0 Å². The summed E-state index contributed by atoms with van der Waals surface area (Å²) >= 11 is 0. The predicted molar refractivity (Wildman–Crippen MR) is 94.0 cm³/mol. The predicted octanol–water partition coefficient (Wildman–Crippen LogP) is 2.37. The van der Waals surface area contributed by atoms with Crippen LogP contribution in [0.25, 0.3) is 0 Å². The fraction of sp³-hybridized carbons (Fsp3) is 0.588. The standard InChI is InChI=1S/C17H26N2O3S/c1-12(2)10-15-14(13(3)23(4,20)21)6-5-7-16(15)22-11-17-18-8-9-19-17/h5-7,12-13H,8-11H2,1-4H3,(H,18,19). The van der Waals surface area contributed by atoms with Crippen LogP contribution in [0.4, 0.5) is 0 Å². The van der Waals surface area contributed by atoms with Crippen LogP contribution in [0.2, 0.25) is 0 Å². The van der Waals surface area contributed by atoms with E-state index in [1.165, 1.54) is 6.26 Å². The zero-order valence-electron chi connectivity index (χ0n) is 14.3. The highest BCUT2D eigenvalue weighted by molar-refractivity contribution is 7.90. The number of hydrogen-bond donors (Lipinski definition) is 1. The number of benzene rings is 1. The van der Waals surface area contributed by atoms with Crippen LogP contribution in [-0.4, -0.2) is 40.2 Å². The highest BCUT2D eigenvalue weighted by Gasteiger charge is 2.23. The quantitative estimate of drug-likeness (QED) is 0.829. The van der Waals surface area contributed by atoms with Crippen molar-refractivity contribution in [3.63, 3.8) is 0 Å². The number of rotatable bonds is 7. The molecule has 0 saturated heterocycles. The van der Waals surface area contributed by atoms with Crippen LogP contribution in [-0.2, 0) is 16.3 Å². The number of nitrogens with zero attached hydrogens (tertiary/aromatic N) is 1. The summed E-state index contributed by atoms with van der Waals surface area (Å²) in [5.41, 5.74) is 1.82. The zero-order chi connectivity index (χ0) is 17.0. The van der Waals surface area contributed by atoms with E-state index in [0.717, 1.165) is 42.2 Å². The van der Waals surface area contributed by atoms with E-state index in [-0.39, 0.29) is 0 Å². The Morgan fingerprint density at radius 1 is 1.30 bits per heavy atom. The lowest BCUT2D eigenvalue weighted by atomic mass is 9.95. The lowest BCUT2D eigenvalue weighted by molar-refractivity contribution is 0.366. The molecule has 5 nitrogen and oxygen atoms in total. The highest BCUT2D eigenvalue weighted by Crippen LogP contribution is 2.32. The molecule has 0 fully saturated rings. The molecule has 1 atom stereocenters. The molecule has 0 spiro atoms. The molecule has 0 bridgehead atoms. The summed E-state index contributed by atoms with van der Waals surface area (Å²) in [7, 11) is -3.15. The maximum atomic E-state index is 12.0. The van der Waals surface area contributed by atoms with E-state index < -0.39 is 15.1 Å². The van der Waals surface area contributed by atoms with Crippen LogP contribution in [0.3, 0.4) is 0 Å². The minimum atomic E-state index is -3.15. The maximum Gasteiger partial charge on any atom is 0.154 e. The van der Waals surface area contributed by atoms with E-state index in [2.05, 4.69) is 24.2 Å². The molecule has 2 rings (SSSR count). The minimum absolute atomic E-state index is 0.391. The van der Waals surface area contributed by atoms with Crippen molar-refractivity contribution >= 4 is 15.7 Å². The molecule has 6 heteroatoms. The molecule has 1 aromatic rings. The molecule has 1 heterocycles. The minimum Gasteiger partial charge on any atom is -0.485 e. The van der Waals surface area contributed by atoms with Crippen molar-refractivity contribution in [1.82, 2.24) is 5.32 Å². The largest absolute Gasteiger partial charge is 0.485 e. The van der Waals surface area contributed by atoms with Crippen molar-refractivity contribution in [3.8, 4) is 5.75 Å². The summed E-state index contributed by atoms with van der Waals surface area (Å²) in [6.45, 7) is 8.00. The van der Waals surface area contributed by atoms with Gasteiger partial charge >= 0.3 is 0 Å². The second-order valence-corrected chi connectivity index (χ2v) is 8.80. The maximum absolute atomic E-state index is 12.0. The van der Waals surface area contributed by atoms with Crippen LogP contribution in [0.15, 0.2) is 23.2 Å². The Labute approximate surface area is 139 Å². The number of amidine groups is 1. The molecule has 0 amide bonds. The van der Waals surface area contributed by atoms with Crippen LogP contribution < -0.4 is 10.1 Å². The lowest BCUT2D eigenvalue weighted by Crippen LogP contribution is -2.25. The van der Waals surface area contributed by atoms with Gasteiger partial charge in [0.05, 0.1) is 11.8 Å². The van der Waals surface area contributed by atoms with E-state index in [9.17, 15) is 8.42 Å². The fourth-order valence-electron chi connectivity index (χ4n) is 2.65. The van der Waals surface area contributed by atoms with Gasteiger partial charge in [0.1, 0.15) is 18.2 Å². The summed E-state index contributed by atoms with van der Waals surface area (Å²) in [5, 5.41) is 2.64. The average molecular weight is 338 g/mol. The van der Waals surface area contributed by atoms with Crippen molar-refractivity contribution < 1.29 is 13.2 Å². The molecule has 0 saturated carbocycles. The Kier molecular flexibility index (Phi) is 5.68. The number of sulfone groups is 1. The summed E-state index contributed by atoms with van der Waals surface area (Å²) in [6, 6.07) is 5.66. The molecule has 0 radical (unpaired) electrons. The second-order valence-electron chi connectivity index (χ2n) is 6.44. The van der Waals surface area contributed by atoms with Gasteiger partial charge in [0.15, 0.2) is 9.84 Å². The Morgan fingerprint density at radius 2 is 2.04 bits per heavy atom. The third kappa shape index (κ3) is 4.70. The van der Waals surface area contributed by atoms with Gasteiger partial charge in [-0.1, -0.05) is 26.0 Å². The third-order valence-electron chi connectivity index (χ3n) is 3.97. The van der Waals surface area contributed by atoms with E-state index in [1.807, 2.05) is 18.2 Å². The summed E-state index contributed by atoms with van der Waals surface area (Å²) in [6.07, 6.45) is 2.06. The summed E-state index contributed by atoms with van der Waals surface area (Å²) in [4.78, 5) is 4.32. The van der Waals surface area contributed by atoms with E-state index in [4.69, 9.17) is 4.74 Å². The van der Waals surface area contributed by atoms with Crippen LogP contribution >= 0.6 is 0 Å². The van der Waals surface area contributed by atoms with E-state index in [1.54, 1.807) is 6.92 Å². The molecular formula is C17H26N2O3S. The van der Waals surface area contributed by atoms with Gasteiger partial charge in [-0.15, -0.1) is 0 Å². The molecule has 128 valence electrons. The fourth-order valence-corrected chi connectivity index (χ4v) is 3.33. The van der Waals surface area contributed by atoms with Crippen LogP contribution in [0.1, 0.15) is 37.1 Å². The second kappa shape index (κ2) is 7.34. The van der Waals surface area contributed by atoms with Gasteiger partial charge in [-0.2, -0.15) is 0 Å². The first kappa shape index (κ1) is 17.8. The van der Waals surface area contributed by atoms with Crippen molar-refractivity contribution in [1.29, 1.82) is 0 Å². The number of ether oxygens (including phenoxy) is 1. The Hall–Kier alpha value is -1.56. The normalized spacial score (nSPS) is 16.1. The molecule has 1 aliphatic rings. The van der Waals surface area contributed by atoms with Crippen molar-refractivity contribution in [2.45, 2.75) is 32.4 Å². The number of aliphatic imine (C=N–C) groups is 1. The first-order valence-corrected chi connectivity index (χ1v) is 9.95. The van der Waals surface area contributed by atoms with Crippen LogP contribution in [0.5, 0.6) is 5.75 Å². The smallest absolute Gasteiger partial charge is 0.154 e. The van der Waals surface area contributed by atoms with Gasteiger partial charge in [-0.25, -0.2) is 8.42 Å². The molecule has 0 aromatic heterocycles. The zero-order valence-corrected chi connectivity index (χ0v) is 15.1. The highest BCUT2D eigenvalue weighted by atomic mass is 32.2. The molecule has 1 N–H and O–H groups in total. The summed E-state index contributed by atoms with van der Waals surface area (Å²) < 4.78 is 29.9. The van der Waals surface area contributed by atoms with Gasteiger partial charge in [-0.05, 0) is 36.5 Å². The molecular weight excluding hydrogens is 312 g/mol. The van der Waals surface area contributed by atoms with Gasteiger partial charge in [0.2, 0.25) is 0 Å². The number of nitrogens with one attached hydrogen (secondary N) is 1. The van der Waals surface area contributed by atoms with E-state index >= 15 is 0 Å². The lowest BCUT2D eigenvalue weighted by Gasteiger charge is -2.20. The molecule has 0 aliphatic carbocycles. The Morgan fingerprint density at radius 3 is 2.61 bits per heavy atom. The first-order valence-electron chi connectivity index (χ1n) is 7.99. The Balaban J connectivity index is 2.32. The van der Waals surface area contributed by atoms with Crippen molar-refractivity contribution in [3.05, 3.63) is 29.3 Å². The van der Waals surface area contributed by atoms with Crippen LogP contribution in [0, 0.1) is 5.92 Å².